The van der Waals surface area contributed by atoms with Crippen LogP contribution in [0.15, 0.2) is 28.8 Å². The highest BCUT2D eigenvalue weighted by Crippen LogP contribution is 2.24. The fourth-order valence-corrected chi connectivity index (χ4v) is 2.32. The van der Waals surface area contributed by atoms with E-state index in [1.54, 1.807) is 7.11 Å². The van der Waals surface area contributed by atoms with Gasteiger partial charge in [0.15, 0.2) is 5.82 Å². The number of aromatic nitrogens is 2. The highest BCUT2D eigenvalue weighted by Gasteiger charge is 2.25. The lowest BCUT2D eigenvalue weighted by Gasteiger charge is -2.30. The van der Waals surface area contributed by atoms with E-state index in [4.69, 9.17) is 9.26 Å². The molecule has 106 valence electrons. The van der Waals surface area contributed by atoms with Gasteiger partial charge in [-0.25, -0.2) is 0 Å². The van der Waals surface area contributed by atoms with Gasteiger partial charge in [0, 0.05) is 25.2 Å². The Labute approximate surface area is 117 Å². The van der Waals surface area contributed by atoms with Crippen molar-refractivity contribution in [2.45, 2.75) is 6.04 Å². The highest BCUT2D eigenvalue weighted by molar-refractivity contribution is 5.54. The third kappa shape index (κ3) is 2.52. The van der Waals surface area contributed by atoms with E-state index in [0.29, 0.717) is 5.89 Å². The summed E-state index contributed by atoms with van der Waals surface area (Å²) in [4.78, 5) is 6.75. The fraction of sp³-hybridized carbons (Fsp3) is 0.429. The van der Waals surface area contributed by atoms with Crippen LogP contribution >= 0.6 is 0 Å². The molecule has 2 aromatic rings. The standard InChI is InChI=1S/C14H18N4O2/c1-18-8-7-15-9-12(18)13-16-14(20-17-13)10-3-5-11(19-2)6-4-10/h3-6,12,15H,7-9H2,1-2H3. The molecule has 1 aliphatic rings. The van der Waals surface area contributed by atoms with Gasteiger partial charge in [-0.3, -0.25) is 4.90 Å². The van der Waals surface area contributed by atoms with Gasteiger partial charge in [0.2, 0.25) is 0 Å². The largest absolute Gasteiger partial charge is 0.497 e. The summed E-state index contributed by atoms with van der Waals surface area (Å²) in [6, 6.07) is 7.76. The van der Waals surface area contributed by atoms with Crippen LogP contribution in [0, 0.1) is 0 Å². The van der Waals surface area contributed by atoms with Gasteiger partial charge in [0.05, 0.1) is 13.2 Å². The van der Waals surface area contributed by atoms with Crippen LogP contribution in [0.4, 0.5) is 0 Å². The number of nitrogens with one attached hydrogen (secondary N) is 1. The van der Waals surface area contributed by atoms with Crippen molar-refractivity contribution in [1.82, 2.24) is 20.4 Å². The number of nitrogens with zero attached hydrogens (tertiary/aromatic N) is 3. The van der Waals surface area contributed by atoms with E-state index in [9.17, 15) is 0 Å². The number of rotatable bonds is 3. The van der Waals surface area contributed by atoms with Crippen LogP contribution in [0.5, 0.6) is 5.75 Å². The van der Waals surface area contributed by atoms with E-state index in [0.717, 1.165) is 36.8 Å². The first-order valence-corrected chi connectivity index (χ1v) is 6.67. The fourth-order valence-electron chi connectivity index (χ4n) is 2.32. The number of hydrogen-bond donors (Lipinski definition) is 1. The molecule has 1 unspecified atom stereocenters. The number of hydrogen-bond acceptors (Lipinski definition) is 6. The number of ether oxygens (including phenoxy) is 1. The third-order valence-electron chi connectivity index (χ3n) is 3.59. The maximum Gasteiger partial charge on any atom is 0.257 e. The first kappa shape index (κ1) is 13.1. The van der Waals surface area contributed by atoms with E-state index < -0.39 is 0 Å². The van der Waals surface area contributed by atoms with Crippen LogP contribution in [0.2, 0.25) is 0 Å². The summed E-state index contributed by atoms with van der Waals surface area (Å²) in [5.74, 6) is 2.08. The Morgan fingerprint density at radius 1 is 1.35 bits per heavy atom. The molecule has 1 atom stereocenters. The van der Waals surface area contributed by atoms with Crippen LogP contribution in [0.1, 0.15) is 11.9 Å². The van der Waals surface area contributed by atoms with Crippen molar-refractivity contribution in [3.63, 3.8) is 0 Å². The van der Waals surface area contributed by atoms with Crippen LogP contribution in [-0.2, 0) is 0 Å². The van der Waals surface area contributed by atoms with Crippen molar-refractivity contribution < 1.29 is 9.26 Å². The minimum atomic E-state index is 0.166. The maximum atomic E-state index is 5.37. The Kier molecular flexibility index (Phi) is 3.66. The number of benzene rings is 1. The Hall–Kier alpha value is -1.92. The summed E-state index contributed by atoms with van der Waals surface area (Å²) in [6.07, 6.45) is 0. The summed E-state index contributed by atoms with van der Waals surface area (Å²) < 4.78 is 10.5. The van der Waals surface area contributed by atoms with Gasteiger partial charge in [-0.2, -0.15) is 4.98 Å². The monoisotopic (exact) mass is 274 g/mol. The Balaban J connectivity index is 1.81. The van der Waals surface area contributed by atoms with Crippen LogP contribution in [-0.4, -0.2) is 48.8 Å². The molecule has 1 aromatic carbocycles. The number of methoxy groups -OCH3 is 1. The number of piperazine rings is 1. The number of likely N-dealkylation sites (N-methyl/N-ethyl adjacent to an activating group) is 1. The average molecular weight is 274 g/mol. The van der Waals surface area contributed by atoms with Gasteiger partial charge < -0.3 is 14.6 Å². The molecule has 1 fully saturated rings. The van der Waals surface area contributed by atoms with Crippen molar-refractivity contribution in [2.75, 3.05) is 33.8 Å². The van der Waals surface area contributed by atoms with Crippen molar-refractivity contribution in [2.24, 2.45) is 0 Å². The molecule has 1 saturated heterocycles. The third-order valence-corrected chi connectivity index (χ3v) is 3.59. The van der Waals surface area contributed by atoms with Crippen molar-refractivity contribution in [3.8, 4) is 17.2 Å². The molecule has 2 heterocycles. The van der Waals surface area contributed by atoms with Crippen LogP contribution in [0.25, 0.3) is 11.5 Å². The molecule has 1 aliphatic heterocycles. The predicted octanol–water partition coefficient (Wildman–Crippen LogP) is 1.32. The zero-order valence-electron chi connectivity index (χ0n) is 11.7. The van der Waals surface area contributed by atoms with Gasteiger partial charge in [-0.15, -0.1) is 0 Å². The Morgan fingerprint density at radius 3 is 2.85 bits per heavy atom. The van der Waals surface area contributed by atoms with Crippen molar-refractivity contribution in [1.29, 1.82) is 0 Å². The van der Waals surface area contributed by atoms with Gasteiger partial charge in [-0.1, -0.05) is 5.16 Å². The molecular weight excluding hydrogens is 256 g/mol. The molecule has 3 rings (SSSR count). The average Bonchev–Trinajstić information content (AvgIpc) is 2.97. The Morgan fingerprint density at radius 2 is 2.15 bits per heavy atom. The second-order valence-corrected chi connectivity index (χ2v) is 4.89. The summed E-state index contributed by atoms with van der Waals surface area (Å²) in [6.45, 7) is 2.82. The molecule has 1 N–H and O–H groups in total. The molecule has 0 saturated carbocycles. The van der Waals surface area contributed by atoms with Gasteiger partial charge in [0.25, 0.3) is 5.89 Å². The molecule has 0 radical (unpaired) electrons. The van der Waals surface area contributed by atoms with E-state index in [1.165, 1.54) is 0 Å². The summed E-state index contributed by atoms with van der Waals surface area (Å²) in [5, 5.41) is 7.46. The molecular formula is C14H18N4O2. The first-order valence-electron chi connectivity index (χ1n) is 6.67. The smallest absolute Gasteiger partial charge is 0.257 e. The van der Waals surface area contributed by atoms with Crippen LogP contribution in [0.3, 0.4) is 0 Å². The predicted molar refractivity (Wildman–Crippen MR) is 74.5 cm³/mol. The normalized spacial score (nSPS) is 20.0. The second kappa shape index (κ2) is 5.60. The molecule has 1 aromatic heterocycles. The van der Waals surface area contributed by atoms with Gasteiger partial charge >= 0.3 is 0 Å². The summed E-state index contributed by atoms with van der Waals surface area (Å²) >= 11 is 0. The molecule has 0 bridgehead atoms. The second-order valence-electron chi connectivity index (χ2n) is 4.89. The van der Waals surface area contributed by atoms with Crippen LogP contribution < -0.4 is 10.1 Å². The van der Waals surface area contributed by atoms with Gasteiger partial charge in [0.1, 0.15) is 5.75 Å². The van der Waals surface area contributed by atoms with E-state index in [-0.39, 0.29) is 6.04 Å². The molecule has 0 spiro atoms. The SMILES string of the molecule is COc1ccc(-c2nc(C3CNCCN3C)no2)cc1. The van der Waals surface area contributed by atoms with Crippen molar-refractivity contribution in [3.05, 3.63) is 30.1 Å². The molecule has 0 aliphatic carbocycles. The Bertz CT molecular complexity index is 567. The highest BCUT2D eigenvalue weighted by atomic mass is 16.5. The van der Waals surface area contributed by atoms with E-state index >= 15 is 0 Å². The lowest BCUT2D eigenvalue weighted by molar-refractivity contribution is 0.190. The van der Waals surface area contributed by atoms with E-state index in [1.807, 2.05) is 24.3 Å². The summed E-state index contributed by atoms with van der Waals surface area (Å²) in [5.41, 5.74) is 0.899. The molecule has 6 nitrogen and oxygen atoms in total. The quantitative estimate of drug-likeness (QED) is 0.911. The van der Waals surface area contributed by atoms with Gasteiger partial charge in [-0.05, 0) is 31.3 Å². The lowest BCUT2D eigenvalue weighted by atomic mass is 10.2. The zero-order chi connectivity index (χ0) is 13.9. The maximum absolute atomic E-state index is 5.37. The zero-order valence-corrected chi connectivity index (χ0v) is 11.7. The molecule has 20 heavy (non-hydrogen) atoms. The summed E-state index contributed by atoms with van der Waals surface area (Å²) in [7, 11) is 3.72. The van der Waals surface area contributed by atoms with Crippen molar-refractivity contribution >= 4 is 0 Å². The molecule has 0 amide bonds. The first-order chi connectivity index (χ1) is 9.78. The minimum absolute atomic E-state index is 0.166. The van der Waals surface area contributed by atoms with E-state index in [2.05, 4.69) is 27.4 Å². The minimum Gasteiger partial charge on any atom is -0.497 e. The topological polar surface area (TPSA) is 63.4 Å². The molecule has 6 heteroatoms. The lowest BCUT2D eigenvalue weighted by Crippen LogP contribution is -2.44.